The molecule has 2 aromatic carbocycles. The molecule has 0 saturated heterocycles. The van der Waals surface area contributed by atoms with Crippen molar-refractivity contribution in [3.8, 4) is 5.75 Å². The van der Waals surface area contributed by atoms with Gasteiger partial charge in [0, 0.05) is 0 Å². The van der Waals surface area contributed by atoms with Gasteiger partial charge in [-0.25, -0.2) is 8.42 Å². The first-order valence-corrected chi connectivity index (χ1v) is 10.0. The number of ether oxygens (including phenoxy) is 1. The quantitative estimate of drug-likeness (QED) is 0.835. The van der Waals surface area contributed by atoms with Crippen molar-refractivity contribution >= 4 is 27.3 Å². The van der Waals surface area contributed by atoms with Gasteiger partial charge in [-0.3, -0.25) is 9.52 Å². The van der Waals surface area contributed by atoms with E-state index in [0.29, 0.717) is 23.0 Å². The van der Waals surface area contributed by atoms with Crippen molar-refractivity contribution in [1.82, 2.24) is 0 Å². The molecule has 0 spiro atoms. The molecule has 0 aliphatic carbocycles. The molecule has 2 N–H and O–H groups in total. The first-order chi connectivity index (χ1) is 12.3. The molecule has 2 aromatic rings. The van der Waals surface area contributed by atoms with Gasteiger partial charge in [0.05, 0.1) is 16.3 Å². The second-order valence-electron chi connectivity index (χ2n) is 6.44. The van der Waals surface area contributed by atoms with Crippen LogP contribution in [0, 0.1) is 0 Å². The van der Waals surface area contributed by atoms with Gasteiger partial charge < -0.3 is 10.1 Å². The summed E-state index contributed by atoms with van der Waals surface area (Å²) in [5, 5.41) is 2.70. The molecule has 1 heterocycles. The fourth-order valence-corrected chi connectivity index (χ4v) is 3.75. The highest BCUT2D eigenvalue weighted by Gasteiger charge is 2.24. The number of anilines is 2. The molecule has 0 radical (unpaired) electrons. The highest BCUT2D eigenvalue weighted by molar-refractivity contribution is 7.92. The van der Waals surface area contributed by atoms with Crippen molar-refractivity contribution in [3.63, 3.8) is 0 Å². The van der Waals surface area contributed by atoms with Gasteiger partial charge in [0.2, 0.25) is 0 Å². The van der Waals surface area contributed by atoms with E-state index in [2.05, 4.69) is 23.9 Å². The summed E-state index contributed by atoms with van der Waals surface area (Å²) in [5.41, 5.74) is 1.91. The molecule has 3 rings (SSSR count). The number of sulfonamides is 1. The zero-order valence-corrected chi connectivity index (χ0v) is 15.8. The van der Waals surface area contributed by atoms with Crippen LogP contribution in [0.1, 0.15) is 38.7 Å². The molecule has 1 amide bonds. The van der Waals surface area contributed by atoms with E-state index in [0.717, 1.165) is 12.0 Å². The van der Waals surface area contributed by atoms with Crippen LogP contribution < -0.4 is 14.8 Å². The van der Waals surface area contributed by atoms with E-state index in [1.807, 2.05) is 12.1 Å². The van der Waals surface area contributed by atoms with Crippen LogP contribution in [0.15, 0.2) is 47.4 Å². The number of amides is 1. The van der Waals surface area contributed by atoms with Gasteiger partial charge in [0.1, 0.15) is 5.75 Å². The van der Waals surface area contributed by atoms with E-state index in [4.69, 9.17) is 4.74 Å². The van der Waals surface area contributed by atoms with Gasteiger partial charge in [-0.05, 0) is 55.2 Å². The normalized spacial score (nSPS) is 17.7. The van der Waals surface area contributed by atoms with E-state index in [1.165, 1.54) is 0 Å². The fraction of sp³-hybridized carbons (Fsp3) is 0.316. The van der Waals surface area contributed by atoms with Crippen LogP contribution >= 0.6 is 0 Å². The zero-order valence-electron chi connectivity index (χ0n) is 14.9. The lowest BCUT2D eigenvalue weighted by molar-refractivity contribution is -0.122. The smallest absolute Gasteiger partial charge is 0.265 e. The number of benzene rings is 2. The number of fused-ring (bicyclic) bond motifs is 1. The predicted octanol–water partition coefficient (Wildman–Crippen LogP) is 3.72. The molecular weight excluding hydrogens is 352 g/mol. The maximum atomic E-state index is 12.6. The molecule has 0 fully saturated rings. The molecule has 0 aromatic heterocycles. The topological polar surface area (TPSA) is 84.5 Å². The second kappa shape index (κ2) is 6.99. The monoisotopic (exact) mass is 374 g/mol. The number of hydrogen-bond acceptors (Lipinski definition) is 4. The van der Waals surface area contributed by atoms with Crippen molar-refractivity contribution in [2.24, 2.45) is 0 Å². The predicted molar refractivity (Wildman–Crippen MR) is 101 cm³/mol. The first kappa shape index (κ1) is 18.3. The lowest BCUT2D eigenvalue weighted by Crippen LogP contribution is -2.34. The molecule has 0 saturated carbocycles. The van der Waals surface area contributed by atoms with Crippen molar-refractivity contribution in [3.05, 3.63) is 48.0 Å². The third-order valence-electron chi connectivity index (χ3n) is 4.53. The average Bonchev–Trinajstić information content (AvgIpc) is 2.62. The molecule has 1 aliphatic heterocycles. The minimum atomic E-state index is -3.72. The van der Waals surface area contributed by atoms with Crippen molar-refractivity contribution in [2.45, 2.75) is 44.1 Å². The Balaban J connectivity index is 1.82. The van der Waals surface area contributed by atoms with Crippen LogP contribution in [-0.2, 0) is 14.8 Å². The summed E-state index contributed by atoms with van der Waals surface area (Å²) in [6, 6.07) is 11.7. The second-order valence-corrected chi connectivity index (χ2v) is 8.13. The Morgan fingerprint density at radius 2 is 1.88 bits per heavy atom. The summed E-state index contributed by atoms with van der Waals surface area (Å²) in [5.74, 6) is 0.627. The van der Waals surface area contributed by atoms with Gasteiger partial charge in [-0.15, -0.1) is 0 Å². The Morgan fingerprint density at radius 3 is 2.54 bits per heavy atom. The summed E-state index contributed by atoms with van der Waals surface area (Å²) in [4.78, 5) is 11.9. The maximum Gasteiger partial charge on any atom is 0.265 e. The highest BCUT2D eigenvalue weighted by Crippen LogP contribution is 2.33. The number of rotatable bonds is 5. The minimum Gasteiger partial charge on any atom is -0.479 e. The zero-order chi connectivity index (χ0) is 18.9. The number of carbonyl (C=O) groups excluding carboxylic acids is 1. The Hall–Kier alpha value is -2.54. The summed E-state index contributed by atoms with van der Waals surface area (Å²) in [7, 11) is -3.72. The van der Waals surface area contributed by atoms with Gasteiger partial charge >= 0.3 is 0 Å². The molecule has 26 heavy (non-hydrogen) atoms. The van der Waals surface area contributed by atoms with Gasteiger partial charge in [0.15, 0.2) is 6.10 Å². The van der Waals surface area contributed by atoms with Crippen molar-refractivity contribution in [1.29, 1.82) is 0 Å². The van der Waals surface area contributed by atoms with Crippen LogP contribution in [0.3, 0.4) is 0 Å². The van der Waals surface area contributed by atoms with Crippen LogP contribution in [0.2, 0.25) is 0 Å². The molecule has 2 atom stereocenters. The lowest BCUT2D eigenvalue weighted by atomic mass is 9.99. The molecule has 6 nitrogen and oxygen atoms in total. The molecule has 7 heteroatoms. The van der Waals surface area contributed by atoms with E-state index >= 15 is 0 Å². The van der Waals surface area contributed by atoms with Crippen molar-refractivity contribution in [2.75, 3.05) is 10.0 Å². The third kappa shape index (κ3) is 3.67. The highest BCUT2D eigenvalue weighted by atomic mass is 32.2. The summed E-state index contributed by atoms with van der Waals surface area (Å²) >= 11 is 0. The third-order valence-corrected chi connectivity index (χ3v) is 5.93. The SMILES string of the molecule is CC[C@@H](C)c1ccc(S(=O)(=O)Nc2ccc3c(c2)NC(=O)[C@@H](C)O3)cc1. The largest absolute Gasteiger partial charge is 0.479 e. The Morgan fingerprint density at radius 1 is 1.19 bits per heavy atom. The Labute approximate surface area is 153 Å². The standard InChI is InChI=1S/C19H22N2O4S/c1-4-12(2)14-5-8-16(9-6-14)26(23,24)21-15-7-10-18-17(11-15)20-19(22)13(3)25-18/h5-13,21H,4H2,1-3H3,(H,20,22)/t12-,13-/m1/s1. The molecule has 0 unspecified atom stereocenters. The van der Waals surface area contributed by atoms with Gasteiger partial charge in [-0.2, -0.15) is 0 Å². The number of nitrogens with one attached hydrogen (secondary N) is 2. The van der Waals surface area contributed by atoms with Crippen LogP contribution in [-0.4, -0.2) is 20.4 Å². The van der Waals surface area contributed by atoms with Crippen molar-refractivity contribution < 1.29 is 17.9 Å². The van der Waals surface area contributed by atoms with E-state index in [-0.39, 0.29) is 10.8 Å². The first-order valence-electron chi connectivity index (χ1n) is 8.54. The molecule has 0 bridgehead atoms. The minimum absolute atomic E-state index is 0.191. The van der Waals surface area contributed by atoms with E-state index < -0.39 is 16.1 Å². The van der Waals surface area contributed by atoms with Crippen LogP contribution in [0.4, 0.5) is 11.4 Å². The van der Waals surface area contributed by atoms with Crippen LogP contribution in [0.5, 0.6) is 5.75 Å². The summed E-state index contributed by atoms with van der Waals surface area (Å²) in [6.45, 7) is 5.85. The molecule has 138 valence electrons. The van der Waals surface area contributed by atoms with E-state index in [1.54, 1.807) is 37.3 Å². The van der Waals surface area contributed by atoms with Gasteiger partial charge in [-0.1, -0.05) is 26.0 Å². The molecule has 1 aliphatic rings. The molecular formula is C19H22N2O4S. The number of hydrogen-bond donors (Lipinski definition) is 2. The Bertz CT molecular complexity index is 923. The lowest BCUT2D eigenvalue weighted by Gasteiger charge is -2.23. The maximum absolute atomic E-state index is 12.6. The van der Waals surface area contributed by atoms with Crippen LogP contribution in [0.25, 0.3) is 0 Å². The van der Waals surface area contributed by atoms with E-state index in [9.17, 15) is 13.2 Å². The average molecular weight is 374 g/mol. The fourth-order valence-electron chi connectivity index (χ4n) is 2.70. The summed E-state index contributed by atoms with van der Waals surface area (Å²) in [6.07, 6.45) is 0.417. The van der Waals surface area contributed by atoms with Gasteiger partial charge in [0.25, 0.3) is 15.9 Å². The summed E-state index contributed by atoms with van der Waals surface area (Å²) < 4.78 is 33.2. The number of carbonyl (C=O) groups is 1. The Kier molecular flexibility index (Phi) is 4.91.